The standard InChI is InChI=1S/C16H15BrCl2N2O2S/c17-13-3-1-2-4-16(13)24(22,23)21-9-7-20(8-10-21)12-5-6-14(18)15(19)11-12/h1-6,11H,7-10H2. The van der Waals surface area contributed by atoms with Gasteiger partial charge in [-0.3, -0.25) is 0 Å². The fraction of sp³-hybridized carbons (Fsp3) is 0.250. The molecule has 4 nitrogen and oxygen atoms in total. The first-order valence-electron chi connectivity index (χ1n) is 7.34. The van der Waals surface area contributed by atoms with Gasteiger partial charge in [-0.15, -0.1) is 0 Å². The van der Waals surface area contributed by atoms with E-state index in [2.05, 4.69) is 20.8 Å². The van der Waals surface area contributed by atoms with Crippen molar-refractivity contribution < 1.29 is 8.42 Å². The highest BCUT2D eigenvalue weighted by molar-refractivity contribution is 9.10. The van der Waals surface area contributed by atoms with Gasteiger partial charge < -0.3 is 4.90 Å². The summed E-state index contributed by atoms with van der Waals surface area (Å²) in [6.07, 6.45) is 0. The van der Waals surface area contributed by atoms with Gasteiger partial charge in [-0.25, -0.2) is 8.42 Å². The molecular formula is C16H15BrCl2N2O2S. The number of sulfonamides is 1. The third kappa shape index (κ3) is 3.58. The van der Waals surface area contributed by atoms with Crippen LogP contribution in [-0.4, -0.2) is 38.9 Å². The van der Waals surface area contributed by atoms with Crippen LogP contribution in [0.5, 0.6) is 0 Å². The Morgan fingerprint density at radius 3 is 2.21 bits per heavy atom. The van der Waals surface area contributed by atoms with Gasteiger partial charge in [0.05, 0.1) is 14.9 Å². The Balaban J connectivity index is 1.75. The van der Waals surface area contributed by atoms with Gasteiger partial charge in [-0.2, -0.15) is 4.31 Å². The molecule has 1 heterocycles. The van der Waals surface area contributed by atoms with E-state index in [1.165, 1.54) is 4.31 Å². The van der Waals surface area contributed by atoms with Crippen molar-refractivity contribution in [2.45, 2.75) is 4.90 Å². The van der Waals surface area contributed by atoms with E-state index < -0.39 is 10.0 Å². The first-order valence-corrected chi connectivity index (χ1v) is 10.3. The lowest BCUT2D eigenvalue weighted by molar-refractivity contribution is 0.384. The van der Waals surface area contributed by atoms with Crippen LogP contribution in [0.2, 0.25) is 10.0 Å². The van der Waals surface area contributed by atoms with Crippen LogP contribution >= 0.6 is 39.1 Å². The molecule has 1 fully saturated rings. The summed E-state index contributed by atoms with van der Waals surface area (Å²) in [5, 5.41) is 1.01. The number of halogens is 3. The highest BCUT2D eigenvalue weighted by Gasteiger charge is 2.29. The second kappa shape index (κ2) is 7.22. The molecule has 0 unspecified atom stereocenters. The molecule has 0 aromatic heterocycles. The Hall–Kier alpha value is -0.790. The Bertz CT molecular complexity index is 853. The van der Waals surface area contributed by atoms with Gasteiger partial charge in [-0.1, -0.05) is 35.3 Å². The van der Waals surface area contributed by atoms with Crippen molar-refractivity contribution >= 4 is 54.8 Å². The van der Waals surface area contributed by atoms with E-state index in [1.807, 2.05) is 12.1 Å². The summed E-state index contributed by atoms with van der Waals surface area (Å²) in [5.41, 5.74) is 0.947. The average Bonchev–Trinajstić information content (AvgIpc) is 2.58. The number of piperazine rings is 1. The van der Waals surface area contributed by atoms with E-state index in [0.717, 1.165) is 5.69 Å². The number of benzene rings is 2. The van der Waals surface area contributed by atoms with E-state index in [9.17, 15) is 8.42 Å². The Morgan fingerprint density at radius 2 is 1.58 bits per heavy atom. The average molecular weight is 450 g/mol. The Morgan fingerprint density at radius 1 is 0.917 bits per heavy atom. The zero-order valence-electron chi connectivity index (χ0n) is 12.6. The van der Waals surface area contributed by atoms with Gasteiger partial charge in [0, 0.05) is 36.3 Å². The molecule has 8 heteroatoms. The minimum absolute atomic E-state index is 0.299. The molecular weight excluding hydrogens is 435 g/mol. The summed E-state index contributed by atoms with van der Waals surface area (Å²) in [4.78, 5) is 2.40. The van der Waals surface area contributed by atoms with Crippen LogP contribution < -0.4 is 4.90 Å². The van der Waals surface area contributed by atoms with Crippen molar-refractivity contribution in [3.05, 3.63) is 57.0 Å². The predicted octanol–water partition coefficient (Wildman–Crippen LogP) is 4.27. The van der Waals surface area contributed by atoms with Crippen molar-refractivity contribution in [2.75, 3.05) is 31.1 Å². The van der Waals surface area contributed by atoms with Crippen molar-refractivity contribution in [1.82, 2.24) is 4.31 Å². The highest BCUT2D eigenvalue weighted by Crippen LogP contribution is 2.29. The normalized spacial score (nSPS) is 16.4. The minimum Gasteiger partial charge on any atom is -0.369 e. The molecule has 2 aromatic rings. The van der Waals surface area contributed by atoms with Crippen LogP contribution in [0.15, 0.2) is 51.8 Å². The van der Waals surface area contributed by atoms with Gasteiger partial charge in [0.25, 0.3) is 0 Å². The highest BCUT2D eigenvalue weighted by atomic mass is 79.9. The van der Waals surface area contributed by atoms with E-state index in [1.54, 1.807) is 30.3 Å². The van der Waals surface area contributed by atoms with Crippen LogP contribution in [0.25, 0.3) is 0 Å². The zero-order valence-corrected chi connectivity index (χ0v) is 16.5. The molecule has 0 saturated carbocycles. The van der Waals surface area contributed by atoms with Crippen LogP contribution in [0.4, 0.5) is 5.69 Å². The SMILES string of the molecule is O=S(=O)(c1ccccc1Br)N1CCN(c2ccc(Cl)c(Cl)c2)CC1. The summed E-state index contributed by atoms with van der Waals surface area (Å²) in [5.74, 6) is 0. The third-order valence-electron chi connectivity index (χ3n) is 3.96. The third-order valence-corrected chi connectivity index (χ3v) is 7.61. The van der Waals surface area contributed by atoms with E-state index in [-0.39, 0.29) is 0 Å². The molecule has 3 rings (SSSR count). The minimum atomic E-state index is -3.50. The van der Waals surface area contributed by atoms with E-state index in [4.69, 9.17) is 23.2 Å². The molecule has 1 aliphatic heterocycles. The van der Waals surface area contributed by atoms with Crippen molar-refractivity contribution in [3.63, 3.8) is 0 Å². The first-order chi connectivity index (χ1) is 11.4. The molecule has 0 atom stereocenters. The van der Waals surface area contributed by atoms with Gasteiger partial charge in [-0.05, 0) is 46.3 Å². The maximum atomic E-state index is 12.8. The monoisotopic (exact) mass is 448 g/mol. The van der Waals surface area contributed by atoms with Gasteiger partial charge in [0.1, 0.15) is 0 Å². The summed E-state index contributed by atoms with van der Waals surface area (Å²) in [6.45, 7) is 2.04. The molecule has 2 aromatic carbocycles. The van der Waals surface area contributed by atoms with Crippen molar-refractivity contribution in [3.8, 4) is 0 Å². The van der Waals surface area contributed by atoms with Gasteiger partial charge in [0.15, 0.2) is 0 Å². The molecule has 1 saturated heterocycles. The fourth-order valence-corrected chi connectivity index (χ4v) is 5.34. The number of hydrogen-bond donors (Lipinski definition) is 0. The smallest absolute Gasteiger partial charge is 0.244 e. The van der Waals surface area contributed by atoms with Crippen LogP contribution in [-0.2, 0) is 10.0 Å². The maximum absolute atomic E-state index is 12.8. The van der Waals surface area contributed by atoms with Crippen LogP contribution in [0.3, 0.4) is 0 Å². The number of anilines is 1. The van der Waals surface area contributed by atoms with E-state index >= 15 is 0 Å². The summed E-state index contributed by atoms with van der Waals surface area (Å²) in [6, 6.07) is 12.3. The molecule has 0 radical (unpaired) electrons. The van der Waals surface area contributed by atoms with E-state index in [0.29, 0.717) is 45.6 Å². The first kappa shape index (κ1) is 18.0. The number of nitrogens with zero attached hydrogens (tertiary/aromatic N) is 2. The maximum Gasteiger partial charge on any atom is 0.244 e. The van der Waals surface area contributed by atoms with Gasteiger partial charge >= 0.3 is 0 Å². The number of rotatable bonds is 3. The molecule has 24 heavy (non-hydrogen) atoms. The topological polar surface area (TPSA) is 40.6 Å². The summed E-state index contributed by atoms with van der Waals surface area (Å²) in [7, 11) is -3.50. The lowest BCUT2D eigenvalue weighted by Crippen LogP contribution is -2.48. The molecule has 0 bridgehead atoms. The Labute approximate surface area is 160 Å². The summed E-state index contributed by atoms with van der Waals surface area (Å²) >= 11 is 15.3. The molecule has 0 N–H and O–H groups in total. The van der Waals surface area contributed by atoms with Crippen molar-refractivity contribution in [2.24, 2.45) is 0 Å². The molecule has 0 aliphatic carbocycles. The summed E-state index contributed by atoms with van der Waals surface area (Å²) < 4.78 is 27.7. The largest absolute Gasteiger partial charge is 0.369 e. The van der Waals surface area contributed by atoms with Crippen molar-refractivity contribution in [1.29, 1.82) is 0 Å². The Kier molecular flexibility index (Phi) is 5.42. The molecule has 1 aliphatic rings. The fourth-order valence-electron chi connectivity index (χ4n) is 2.66. The molecule has 128 valence electrons. The quantitative estimate of drug-likeness (QED) is 0.702. The molecule has 0 spiro atoms. The lowest BCUT2D eigenvalue weighted by atomic mass is 10.2. The second-order valence-corrected chi connectivity index (χ2v) is 9.00. The van der Waals surface area contributed by atoms with Crippen LogP contribution in [0.1, 0.15) is 0 Å². The number of hydrogen-bond acceptors (Lipinski definition) is 3. The predicted molar refractivity (Wildman–Crippen MR) is 102 cm³/mol. The zero-order chi connectivity index (χ0) is 17.3. The lowest BCUT2D eigenvalue weighted by Gasteiger charge is -2.35. The van der Waals surface area contributed by atoms with Crippen LogP contribution in [0, 0.1) is 0 Å². The molecule has 0 amide bonds. The van der Waals surface area contributed by atoms with Gasteiger partial charge in [0.2, 0.25) is 10.0 Å². The second-order valence-electron chi connectivity index (χ2n) is 5.42.